The van der Waals surface area contributed by atoms with E-state index in [9.17, 15) is 0 Å². The highest BCUT2D eigenvalue weighted by atomic mass is 14.4. The molecule has 2 unspecified atom stereocenters. The van der Waals surface area contributed by atoms with Crippen LogP contribution in [0.3, 0.4) is 0 Å². The number of allylic oxidation sites excluding steroid dienone is 2. The van der Waals surface area contributed by atoms with E-state index in [4.69, 9.17) is 0 Å². The molecule has 0 spiro atoms. The Morgan fingerprint density at radius 2 is 1.40 bits per heavy atom. The summed E-state index contributed by atoms with van der Waals surface area (Å²) in [6.45, 7) is 4.85. The van der Waals surface area contributed by atoms with Gasteiger partial charge in [0.05, 0.1) is 0 Å². The van der Waals surface area contributed by atoms with Crippen molar-refractivity contribution in [1.82, 2.24) is 0 Å². The monoisotopic (exact) mass is 322 g/mol. The first-order chi connectivity index (χ1) is 12.2. The fourth-order valence-electron chi connectivity index (χ4n) is 4.81. The van der Waals surface area contributed by atoms with Crippen LogP contribution >= 0.6 is 0 Å². The summed E-state index contributed by atoms with van der Waals surface area (Å²) in [5.74, 6) is 0.873. The molecule has 0 bridgehead atoms. The van der Waals surface area contributed by atoms with Gasteiger partial charge >= 0.3 is 0 Å². The van der Waals surface area contributed by atoms with Crippen LogP contribution in [0.4, 0.5) is 0 Å². The molecular formula is C25H22. The summed E-state index contributed by atoms with van der Waals surface area (Å²) in [5, 5.41) is 2.74. The van der Waals surface area contributed by atoms with Crippen LogP contribution in [0.1, 0.15) is 47.9 Å². The van der Waals surface area contributed by atoms with E-state index in [1.165, 1.54) is 33.0 Å². The first kappa shape index (κ1) is 14.7. The van der Waals surface area contributed by atoms with Gasteiger partial charge in [-0.05, 0) is 38.4 Å². The highest BCUT2D eigenvalue weighted by Gasteiger charge is 2.41. The summed E-state index contributed by atoms with van der Waals surface area (Å²) in [4.78, 5) is 0. The van der Waals surface area contributed by atoms with Crippen molar-refractivity contribution >= 4 is 22.9 Å². The molecule has 0 saturated carbocycles. The summed E-state index contributed by atoms with van der Waals surface area (Å²) < 4.78 is 0. The molecule has 25 heavy (non-hydrogen) atoms. The highest BCUT2D eigenvalue weighted by Crippen LogP contribution is 2.54. The van der Waals surface area contributed by atoms with Gasteiger partial charge in [0.15, 0.2) is 0 Å². The van der Waals surface area contributed by atoms with Gasteiger partial charge in [-0.3, -0.25) is 0 Å². The molecule has 0 radical (unpaired) electrons. The number of hydrogen-bond donors (Lipinski definition) is 0. The first-order valence-electron chi connectivity index (χ1n) is 9.13. The molecule has 0 heteroatoms. The van der Waals surface area contributed by atoms with Crippen LogP contribution in [0.2, 0.25) is 0 Å². The van der Waals surface area contributed by atoms with Crippen LogP contribution in [0.25, 0.3) is 22.9 Å². The van der Waals surface area contributed by atoms with E-state index in [2.05, 4.69) is 98.8 Å². The molecular weight excluding hydrogens is 300 g/mol. The van der Waals surface area contributed by atoms with Gasteiger partial charge in [-0.25, -0.2) is 0 Å². The van der Waals surface area contributed by atoms with E-state index in [-0.39, 0.29) is 5.41 Å². The van der Waals surface area contributed by atoms with Gasteiger partial charge in [0.1, 0.15) is 0 Å². The molecule has 0 amide bonds. The van der Waals surface area contributed by atoms with Crippen molar-refractivity contribution in [3.8, 4) is 0 Å². The highest BCUT2D eigenvalue weighted by molar-refractivity contribution is 5.91. The maximum Gasteiger partial charge on any atom is 0.00934 e. The van der Waals surface area contributed by atoms with Gasteiger partial charge in [-0.1, -0.05) is 98.8 Å². The lowest BCUT2D eigenvalue weighted by molar-refractivity contribution is 0.293. The van der Waals surface area contributed by atoms with Crippen LogP contribution in [0, 0.1) is 5.41 Å². The third-order valence-electron chi connectivity index (χ3n) is 6.19. The number of fused-ring (bicyclic) bond motifs is 4. The molecule has 3 aromatic rings. The predicted octanol–water partition coefficient (Wildman–Crippen LogP) is 6.79. The lowest BCUT2D eigenvalue weighted by Gasteiger charge is -2.38. The Morgan fingerprint density at radius 1 is 0.680 bits per heavy atom. The number of rotatable bonds is 2. The standard InChI is InChI=1S/C25H22/c1-25(2,22-15-13-17-7-3-5-9-20(17)22)23-16-14-19-12-11-18-8-4-6-10-21(18)24(19)23/h3-16,22-23H,1-2H3. The Morgan fingerprint density at radius 3 is 2.32 bits per heavy atom. The van der Waals surface area contributed by atoms with Crippen LogP contribution in [0.15, 0.2) is 72.8 Å². The molecule has 2 aliphatic rings. The maximum atomic E-state index is 2.43. The largest absolute Gasteiger partial charge is 0.0758 e. The van der Waals surface area contributed by atoms with Crippen molar-refractivity contribution in [3.63, 3.8) is 0 Å². The summed E-state index contributed by atoms with van der Waals surface area (Å²) in [6.07, 6.45) is 9.44. The van der Waals surface area contributed by atoms with Crippen molar-refractivity contribution in [2.24, 2.45) is 5.41 Å². The quantitative estimate of drug-likeness (QED) is 0.487. The van der Waals surface area contributed by atoms with E-state index >= 15 is 0 Å². The zero-order valence-corrected chi connectivity index (χ0v) is 14.7. The summed E-state index contributed by atoms with van der Waals surface area (Å²) in [7, 11) is 0. The molecule has 0 aromatic heterocycles. The van der Waals surface area contributed by atoms with Gasteiger partial charge < -0.3 is 0 Å². The van der Waals surface area contributed by atoms with E-state index in [0.717, 1.165) is 0 Å². The predicted molar refractivity (Wildman–Crippen MR) is 108 cm³/mol. The van der Waals surface area contributed by atoms with Crippen LogP contribution in [-0.2, 0) is 0 Å². The lowest BCUT2D eigenvalue weighted by atomic mass is 9.65. The average Bonchev–Trinajstić information content (AvgIpc) is 3.26. The van der Waals surface area contributed by atoms with E-state index in [1.54, 1.807) is 0 Å². The minimum Gasteiger partial charge on any atom is -0.0758 e. The molecule has 0 nitrogen and oxygen atoms in total. The Labute approximate surface area is 149 Å². The van der Waals surface area contributed by atoms with Crippen molar-refractivity contribution in [2.75, 3.05) is 0 Å². The third kappa shape index (κ3) is 2.07. The molecule has 5 rings (SSSR count). The van der Waals surface area contributed by atoms with E-state index in [0.29, 0.717) is 11.8 Å². The van der Waals surface area contributed by atoms with Crippen molar-refractivity contribution in [2.45, 2.75) is 25.7 Å². The Kier molecular flexibility index (Phi) is 3.06. The number of hydrogen-bond acceptors (Lipinski definition) is 0. The first-order valence-corrected chi connectivity index (χ1v) is 9.13. The van der Waals surface area contributed by atoms with Gasteiger partial charge in [0.25, 0.3) is 0 Å². The smallest absolute Gasteiger partial charge is 0.00934 e. The van der Waals surface area contributed by atoms with Crippen molar-refractivity contribution in [1.29, 1.82) is 0 Å². The second kappa shape index (κ2) is 5.20. The Balaban J connectivity index is 1.66. The molecule has 0 fully saturated rings. The average molecular weight is 322 g/mol. The van der Waals surface area contributed by atoms with Gasteiger partial charge in [0.2, 0.25) is 0 Å². The van der Waals surface area contributed by atoms with Crippen molar-refractivity contribution in [3.05, 3.63) is 95.1 Å². The van der Waals surface area contributed by atoms with Crippen molar-refractivity contribution < 1.29 is 0 Å². The minimum absolute atomic E-state index is 0.120. The maximum absolute atomic E-state index is 2.43. The van der Waals surface area contributed by atoms with Crippen LogP contribution in [0.5, 0.6) is 0 Å². The van der Waals surface area contributed by atoms with E-state index in [1.807, 2.05) is 0 Å². The lowest BCUT2D eigenvalue weighted by Crippen LogP contribution is -2.26. The topological polar surface area (TPSA) is 0 Å². The Bertz CT molecular complexity index is 1030. The second-order valence-corrected chi connectivity index (χ2v) is 7.91. The molecule has 0 aliphatic heterocycles. The van der Waals surface area contributed by atoms with E-state index < -0.39 is 0 Å². The summed E-state index contributed by atoms with van der Waals surface area (Å²) in [6, 6.07) is 22.2. The fraction of sp³-hybridized carbons (Fsp3) is 0.200. The zero-order chi connectivity index (χ0) is 17.0. The van der Waals surface area contributed by atoms with Crippen LogP contribution in [-0.4, -0.2) is 0 Å². The molecule has 122 valence electrons. The Hall–Kier alpha value is -2.60. The fourth-order valence-corrected chi connectivity index (χ4v) is 4.81. The van der Waals surface area contributed by atoms with Gasteiger partial charge in [-0.15, -0.1) is 0 Å². The zero-order valence-electron chi connectivity index (χ0n) is 14.7. The molecule has 2 atom stereocenters. The second-order valence-electron chi connectivity index (χ2n) is 7.91. The summed E-state index contributed by atoms with van der Waals surface area (Å²) >= 11 is 0. The van der Waals surface area contributed by atoms with Crippen LogP contribution < -0.4 is 0 Å². The summed E-state index contributed by atoms with van der Waals surface area (Å²) in [5.41, 5.74) is 5.85. The van der Waals surface area contributed by atoms with Gasteiger partial charge in [-0.2, -0.15) is 0 Å². The molecule has 0 saturated heterocycles. The number of benzene rings is 3. The molecule has 0 N–H and O–H groups in total. The molecule has 3 aromatic carbocycles. The minimum atomic E-state index is 0.120. The third-order valence-corrected chi connectivity index (χ3v) is 6.19. The van der Waals surface area contributed by atoms with Gasteiger partial charge in [0, 0.05) is 11.8 Å². The normalized spacial score (nSPS) is 20.9. The molecule has 0 heterocycles. The molecule has 2 aliphatic carbocycles. The SMILES string of the molecule is CC(C)(C1C=Cc2ccccc21)C1C=Cc2ccc3ccccc3c21.